The number of thioether (sulfide) groups is 1. The van der Waals surface area contributed by atoms with Crippen molar-refractivity contribution in [2.45, 2.75) is 26.3 Å². The lowest BCUT2D eigenvalue weighted by atomic mass is 10.1. The van der Waals surface area contributed by atoms with Crippen molar-refractivity contribution in [1.82, 2.24) is 15.1 Å². The van der Waals surface area contributed by atoms with Gasteiger partial charge >= 0.3 is 0 Å². The number of benzene rings is 1. The number of aromatic nitrogens is 2. The molecule has 1 amide bonds. The molecular weight excluding hydrogens is 415 g/mol. The Bertz CT molecular complexity index is 1170. The van der Waals surface area contributed by atoms with E-state index in [-0.39, 0.29) is 22.8 Å². The zero-order valence-electron chi connectivity index (χ0n) is 15.8. The van der Waals surface area contributed by atoms with Crippen molar-refractivity contribution in [2.24, 2.45) is 4.99 Å². The van der Waals surface area contributed by atoms with Gasteiger partial charge in [-0.2, -0.15) is 5.10 Å². The Morgan fingerprint density at radius 2 is 2.17 bits per heavy atom. The van der Waals surface area contributed by atoms with E-state index in [4.69, 9.17) is 0 Å². The molecule has 3 heterocycles. The van der Waals surface area contributed by atoms with Crippen LogP contribution in [0.5, 0.6) is 0 Å². The molecule has 7 nitrogen and oxygen atoms in total. The Kier molecular flexibility index (Phi) is 5.07. The lowest BCUT2D eigenvalue weighted by molar-refractivity contribution is 0.265. The van der Waals surface area contributed by atoms with Crippen LogP contribution in [0.2, 0.25) is 0 Å². The van der Waals surface area contributed by atoms with Crippen LogP contribution in [0.15, 0.2) is 34.2 Å². The minimum absolute atomic E-state index is 0.0893. The van der Waals surface area contributed by atoms with E-state index in [1.165, 1.54) is 12.1 Å². The number of hydrogen-bond donors (Lipinski definition) is 1. The van der Waals surface area contributed by atoms with E-state index in [0.717, 1.165) is 28.7 Å². The smallest absolute Gasteiger partial charge is 0.289 e. The Morgan fingerprint density at radius 1 is 1.38 bits per heavy atom. The number of halogens is 1. The van der Waals surface area contributed by atoms with Crippen molar-refractivity contribution in [2.75, 3.05) is 11.5 Å². The molecule has 0 aliphatic carbocycles. The summed E-state index contributed by atoms with van der Waals surface area (Å²) in [6.45, 7) is 3.73. The molecule has 152 valence electrons. The Morgan fingerprint density at radius 3 is 2.86 bits per heavy atom. The molecule has 0 radical (unpaired) electrons. The predicted molar refractivity (Wildman–Crippen MR) is 112 cm³/mol. The lowest BCUT2D eigenvalue weighted by Crippen LogP contribution is -2.18. The SMILES string of the molecule is Cc1nn(C2CCS(=O)(=O)C2)c(C)c1/C=C1\SC(=O)NC1=Nc1cccc(F)c1. The van der Waals surface area contributed by atoms with Crippen molar-refractivity contribution in [3.05, 3.63) is 51.9 Å². The van der Waals surface area contributed by atoms with Gasteiger partial charge in [-0.3, -0.25) is 9.48 Å². The highest BCUT2D eigenvalue weighted by Gasteiger charge is 2.32. The maximum Gasteiger partial charge on any atom is 0.289 e. The van der Waals surface area contributed by atoms with Gasteiger partial charge < -0.3 is 5.32 Å². The van der Waals surface area contributed by atoms with Crippen molar-refractivity contribution < 1.29 is 17.6 Å². The molecule has 2 saturated heterocycles. The Balaban J connectivity index is 1.70. The first-order valence-corrected chi connectivity index (χ1v) is 11.7. The number of sulfone groups is 1. The molecule has 1 unspecified atom stereocenters. The lowest BCUT2D eigenvalue weighted by Gasteiger charge is -2.11. The summed E-state index contributed by atoms with van der Waals surface area (Å²) in [6, 6.07) is 5.64. The van der Waals surface area contributed by atoms with Crippen molar-refractivity contribution in [3.8, 4) is 0 Å². The van der Waals surface area contributed by atoms with Crippen molar-refractivity contribution >= 4 is 44.4 Å². The number of amides is 1. The van der Waals surface area contributed by atoms with E-state index in [1.54, 1.807) is 16.8 Å². The van der Waals surface area contributed by atoms with Crippen molar-refractivity contribution in [3.63, 3.8) is 0 Å². The van der Waals surface area contributed by atoms with Gasteiger partial charge in [-0.05, 0) is 56.3 Å². The highest BCUT2D eigenvalue weighted by Crippen LogP contribution is 2.32. The molecule has 2 fully saturated rings. The quantitative estimate of drug-likeness (QED) is 0.798. The third-order valence-electron chi connectivity index (χ3n) is 4.92. The fraction of sp³-hybridized carbons (Fsp3) is 0.316. The number of carbonyl (C=O) groups excluding carboxylic acids is 1. The first-order chi connectivity index (χ1) is 13.7. The summed E-state index contributed by atoms with van der Waals surface area (Å²) in [4.78, 5) is 16.9. The topological polar surface area (TPSA) is 93.4 Å². The van der Waals surface area contributed by atoms with Gasteiger partial charge in [0.2, 0.25) is 0 Å². The van der Waals surface area contributed by atoms with E-state index in [9.17, 15) is 17.6 Å². The fourth-order valence-electron chi connectivity index (χ4n) is 3.53. The summed E-state index contributed by atoms with van der Waals surface area (Å²) in [5, 5.41) is 6.96. The molecule has 1 aromatic carbocycles. The van der Waals surface area contributed by atoms with Crippen LogP contribution < -0.4 is 5.32 Å². The average molecular weight is 435 g/mol. The van der Waals surface area contributed by atoms with E-state index < -0.39 is 15.7 Å². The van der Waals surface area contributed by atoms with Gasteiger partial charge in [-0.25, -0.2) is 17.8 Å². The summed E-state index contributed by atoms with van der Waals surface area (Å²) in [5.41, 5.74) is 2.79. The second-order valence-corrected chi connectivity index (χ2v) is 10.3. The Hall–Kier alpha value is -2.46. The highest BCUT2D eigenvalue weighted by molar-refractivity contribution is 8.18. The number of hydrogen-bond acceptors (Lipinski definition) is 6. The molecule has 1 aromatic heterocycles. The number of rotatable bonds is 3. The molecule has 0 spiro atoms. The molecule has 2 aliphatic rings. The molecule has 1 atom stereocenters. The minimum Gasteiger partial charge on any atom is -0.300 e. The molecular formula is C19H19FN4O3S2. The maximum atomic E-state index is 13.4. The number of carbonyl (C=O) groups is 1. The molecule has 2 aliphatic heterocycles. The zero-order chi connectivity index (χ0) is 20.8. The molecule has 29 heavy (non-hydrogen) atoms. The van der Waals surface area contributed by atoms with Gasteiger partial charge in [0.25, 0.3) is 5.24 Å². The van der Waals surface area contributed by atoms with Gasteiger partial charge in [0.1, 0.15) is 11.7 Å². The average Bonchev–Trinajstić information content (AvgIpc) is 3.26. The van der Waals surface area contributed by atoms with Crippen LogP contribution in [0.3, 0.4) is 0 Å². The van der Waals surface area contributed by atoms with E-state index in [2.05, 4.69) is 15.4 Å². The van der Waals surface area contributed by atoms with Crippen LogP contribution in [0.4, 0.5) is 14.9 Å². The van der Waals surface area contributed by atoms with Gasteiger partial charge in [0.15, 0.2) is 9.84 Å². The Labute approximate surface area is 172 Å². The second kappa shape index (κ2) is 7.42. The van der Waals surface area contributed by atoms with Gasteiger partial charge in [0.05, 0.1) is 33.8 Å². The zero-order valence-corrected chi connectivity index (χ0v) is 17.5. The van der Waals surface area contributed by atoms with E-state index in [1.807, 2.05) is 19.9 Å². The second-order valence-electron chi connectivity index (χ2n) is 7.05. The molecule has 10 heteroatoms. The summed E-state index contributed by atoms with van der Waals surface area (Å²) >= 11 is 1.00. The van der Waals surface area contributed by atoms with Crippen LogP contribution in [0, 0.1) is 19.7 Å². The minimum atomic E-state index is -3.03. The maximum absolute atomic E-state index is 13.4. The molecule has 0 bridgehead atoms. The molecule has 0 saturated carbocycles. The number of nitrogens with zero attached hydrogens (tertiary/aromatic N) is 3. The summed E-state index contributed by atoms with van der Waals surface area (Å²) < 4.78 is 38.9. The van der Waals surface area contributed by atoms with Crippen molar-refractivity contribution in [1.29, 1.82) is 0 Å². The largest absolute Gasteiger partial charge is 0.300 e. The van der Waals surface area contributed by atoms with Gasteiger partial charge in [0, 0.05) is 11.3 Å². The summed E-state index contributed by atoms with van der Waals surface area (Å²) in [7, 11) is -3.03. The number of aryl methyl sites for hydroxylation is 1. The van der Waals surface area contributed by atoms with Crippen LogP contribution in [0.1, 0.15) is 29.4 Å². The third-order valence-corrected chi connectivity index (χ3v) is 7.49. The number of aliphatic imine (C=N–C) groups is 1. The number of nitrogens with one attached hydrogen (secondary N) is 1. The van der Waals surface area contributed by atoms with Crippen LogP contribution in [0.25, 0.3) is 6.08 Å². The standard InChI is InChI=1S/C19H19FN4O3S2/c1-11-16(12(2)24(23-11)15-6-7-29(26,27)10-15)9-17-18(22-19(25)28-17)21-14-5-3-4-13(20)8-14/h3-5,8-9,15H,6-7,10H2,1-2H3,(H,21,22,25)/b17-9-. The number of amidine groups is 1. The monoisotopic (exact) mass is 434 g/mol. The van der Waals surface area contributed by atoms with Crippen LogP contribution in [-0.4, -0.2) is 40.8 Å². The predicted octanol–water partition coefficient (Wildman–Crippen LogP) is 3.53. The van der Waals surface area contributed by atoms with Crippen LogP contribution >= 0.6 is 11.8 Å². The first kappa shape index (κ1) is 19.8. The fourth-order valence-corrected chi connectivity index (χ4v) is 5.94. The van der Waals surface area contributed by atoms with Gasteiger partial charge in [-0.1, -0.05) is 6.07 Å². The molecule has 2 aromatic rings. The van der Waals surface area contributed by atoms with Crippen LogP contribution in [-0.2, 0) is 9.84 Å². The van der Waals surface area contributed by atoms with E-state index >= 15 is 0 Å². The summed E-state index contributed by atoms with van der Waals surface area (Å²) in [5.74, 6) is 0.200. The third kappa shape index (κ3) is 4.13. The first-order valence-electron chi connectivity index (χ1n) is 9.03. The van der Waals surface area contributed by atoms with E-state index in [0.29, 0.717) is 22.8 Å². The van der Waals surface area contributed by atoms with Gasteiger partial charge in [-0.15, -0.1) is 0 Å². The highest BCUT2D eigenvalue weighted by atomic mass is 32.2. The molecule has 4 rings (SSSR count). The normalized spacial score (nSPS) is 23.8. The molecule has 1 N–H and O–H groups in total. The summed E-state index contributed by atoms with van der Waals surface area (Å²) in [6.07, 6.45) is 2.36.